The molecular weight excluding hydrogens is 383 g/mol. The van der Waals surface area contributed by atoms with Crippen molar-refractivity contribution in [2.75, 3.05) is 11.9 Å². The van der Waals surface area contributed by atoms with Gasteiger partial charge in [-0.05, 0) is 23.8 Å². The number of halogens is 3. The summed E-state index contributed by atoms with van der Waals surface area (Å²) in [5, 5.41) is 3.99. The second-order valence-electron chi connectivity index (χ2n) is 5.43. The molecule has 0 heterocycles. The minimum absolute atomic E-state index is 0.117. The van der Waals surface area contributed by atoms with E-state index in [4.69, 9.17) is 34.8 Å². The lowest BCUT2D eigenvalue weighted by atomic mass is 10.2. The molecule has 0 aromatic heterocycles. The van der Waals surface area contributed by atoms with Crippen LogP contribution in [-0.2, 0) is 16.1 Å². The fraction of sp³-hybridized carbons (Fsp3) is 0.222. The molecular formula is C18H17Cl3N2O2. The number of nitrogens with one attached hydrogen (secondary N) is 1. The average molecular weight is 400 g/mol. The Hall–Kier alpha value is -1.75. The SMILES string of the molecule is CC(=O)N(CCC(=O)Nc1c(Cl)cccc1Cl)Cc1ccccc1Cl. The van der Waals surface area contributed by atoms with Crippen molar-refractivity contribution < 1.29 is 9.59 Å². The van der Waals surface area contributed by atoms with Gasteiger partial charge in [-0.2, -0.15) is 0 Å². The highest BCUT2D eigenvalue weighted by atomic mass is 35.5. The van der Waals surface area contributed by atoms with Crippen LogP contribution in [0.4, 0.5) is 5.69 Å². The van der Waals surface area contributed by atoms with Gasteiger partial charge in [-0.3, -0.25) is 9.59 Å². The Labute approximate surface area is 161 Å². The Kier molecular flexibility index (Phi) is 7.12. The van der Waals surface area contributed by atoms with E-state index < -0.39 is 0 Å². The van der Waals surface area contributed by atoms with Gasteiger partial charge in [-0.15, -0.1) is 0 Å². The highest BCUT2D eigenvalue weighted by molar-refractivity contribution is 6.39. The molecule has 0 radical (unpaired) electrons. The maximum absolute atomic E-state index is 12.2. The molecule has 25 heavy (non-hydrogen) atoms. The average Bonchev–Trinajstić information content (AvgIpc) is 2.56. The first kappa shape index (κ1) is 19.6. The van der Waals surface area contributed by atoms with E-state index >= 15 is 0 Å². The number of rotatable bonds is 6. The van der Waals surface area contributed by atoms with Gasteiger partial charge in [-0.1, -0.05) is 59.1 Å². The number of carbonyl (C=O) groups is 2. The molecule has 0 fully saturated rings. The van der Waals surface area contributed by atoms with Gasteiger partial charge in [0.25, 0.3) is 0 Å². The largest absolute Gasteiger partial charge is 0.338 e. The first-order valence-electron chi connectivity index (χ1n) is 7.61. The topological polar surface area (TPSA) is 49.4 Å². The molecule has 0 unspecified atom stereocenters. The first-order chi connectivity index (χ1) is 11.9. The third kappa shape index (κ3) is 5.63. The predicted octanol–water partition coefficient (Wildman–Crippen LogP) is 5.02. The smallest absolute Gasteiger partial charge is 0.226 e. The van der Waals surface area contributed by atoms with Crippen molar-refractivity contribution in [3.8, 4) is 0 Å². The van der Waals surface area contributed by atoms with Crippen LogP contribution in [0.1, 0.15) is 18.9 Å². The van der Waals surface area contributed by atoms with Crippen LogP contribution in [0.25, 0.3) is 0 Å². The van der Waals surface area contributed by atoms with E-state index in [1.54, 1.807) is 29.2 Å². The van der Waals surface area contributed by atoms with Crippen LogP contribution in [0.5, 0.6) is 0 Å². The van der Waals surface area contributed by atoms with Gasteiger partial charge in [-0.25, -0.2) is 0 Å². The summed E-state index contributed by atoms with van der Waals surface area (Å²) in [6.45, 7) is 2.06. The summed E-state index contributed by atoms with van der Waals surface area (Å²) in [5.74, 6) is -0.413. The van der Waals surface area contributed by atoms with Crippen molar-refractivity contribution in [1.29, 1.82) is 0 Å². The molecule has 7 heteroatoms. The van der Waals surface area contributed by atoms with Crippen molar-refractivity contribution in [3.63, 3.8) is 0 Å². The van der Waals surface area contributed by atoms with Crippen molar-refractivity contribution in [2.24, 2.45) is 0 Å². The minimum Gasteiger partial charge on any atom is -0.338 e. The minimum atomic E-state index is -0.277. The first-order valence-corrected chi connectivity index (χ1v) is 8.74. The molecule has 2 amide bonds. The zero-order valence-corrected chi connectivity index (χ0v) is 15.8. The van der Waals surface area contributed by atoms with Gasteiger partial charge < -0.3 is 10.2 Å². The molecule has 0 saturated heterocycles. The summed E-state index contributed by atoms with van der Waals surface area (Å²) >= 11 is 18.2. The summed E-state index contributed by atoms with van der Waals surface area (Å²) in [4.78, 5) is 25.6. The Balaban J connectivity index is 1.98. The van der Waals surface area contributed by atoms with Crippen molar-refractivity contribution in [2.45, 2.75) is 19.9 Å². The van der Waals surface area contributed by atoms with Crippen LogP contribution in [-0.4, -0.2) is 23.3 Å². The van der Waals surface area contributed by atoms with E-state index in [9.17, 15) is 9.59 Å². The maximum Gasteiger partial charge on any atom is 0.226 e. The van der Waals surface area contributed by atoms with E-state index in [0.29, 0.717) is 27.3 Å². The molecule has 0 saturated carbocycles. The molecule has 0 atom stereocenters. The van der Waals surface area contributed by atoms with Gasteiger partial charge in [0.1, 0.15) is 0 Å². The van der Waals surface area contributed by atoms with Crippen LogP contribution in [0.15, 0.2) is 42.5 Å². The Bertz CT molecular complexity index is 760. The monoisotopic (exact) mass is 398 g/mol. The lowest BCUT2D eigenvalue weighted by molar-refractivity contribution is -0.129. The molecule has 2 aromatic carbocycles. The predicted molar refractivity (Wildman–Crippen MR) is 102 cm³/mol. The third-order valence-corrected chi connectivity index (χ3v) is 4.60. The Morgan fingerprint density at radius 2 is 1.56 bits per heavy atom. The second-order valence-corrected chi connectivity index (χ2v) is 6.65. The summed E-state index contributed by atoms with van der Waals surface area (Å²) in [6.07, 6.45) is 0.117. The quantitative estimate of drug-likeness (QED) is 0.741. The third-order valence-electron chi connectivity index (χ3n) is 3.60. The van der Waals surface area contributed by atoms with Gasteiger partial charge in [0, 0.05) is 31.5 Å². The second kappa shape index (κ2) is 9.09. The van der Waals surface area contributed by atoms with Crippen LogP contribution in [0.2, 0.25) is 15.1 Å². The number of para-hydroxylation sites is 1. The molecule has 0 aliphatic heterocycles. The van der Waals surface area contributed by atoms with E-state index in [-0.39, 0.29) is 24.8 Å². The molecule has 0 spiro atoms. The van der Waals surface area contributed by atoms with Gasteiger partial charge in [0.2, 0.25) is 11.8 Å². The molecule has 0 aliphatic rings. The summed E-state index contributed by atoms with van der Waals surface area (Å²) in [5.41, 5.74) is 1.20. The number of hydrogen-bond acceptors (Lipinski definition) is 2. The number of anilines is 1. The van der Waals surface area contributed by atoms with Crippen LogP contribution in [0, 0.1) is 0 Å². The molecule has 1 N–H and O–H groups in total. The Morgan fingerprint density at radius 1 is 0.960 bits per heavy atom. The number of benzene rings is 2. The van der Waals surface area contributed by atoms with Crippen LogP contribution in [0.3, 0.4) is 0 Å². The summed E-state index contributed by atoms with van der Waals surface area (Å²) in [7, 11) is 0. The standard InChI is InChI=1S/C18H17Cl3N2O2/c1-12(24)23(11-13-5-2-3-6-14(13)19)10-9-17(25)22-18-15(20)7-4-8-16(18)21/h2-8H,9-11H2,1H3,(H,22,25). The fourth-order valence-corrected chi connectivity index (χ4v) is 2.92. The van der Waals surface area contributed by atoms with E-state index in [2.05, 4.69) is 5.32 Å². The Morgan fingerprint density at radius 3 is 2.16 bits per heavy atom. The van der Waals surface area contributed by atoms with Crippen molar-refractivity contribution in [1.82, 2.24) is 4.90 Å². The summed E-state index contributed by atoms with van der Waals surface area (Å²) in [6, 6.07) is 12.3. The zero-order chi connectivity index (χ0) is 18.4. The number of hydrogen-bond donors (Lipinski definition) is 1. The molecule has 132 valence electrons. The molecule has 2 rings (SSSR count). The van der Waals surface area contributed by atoms with E-state index in [1.807, 2.05) is 18.2 Å². The van der Waals surface area contributed by atoms with Gasteiger partial charge in [0.05, 0.1) is 15.7 Å². The van der Waals surface area contributed by atoms with Crippen LogP contribution < -0.4 is 5.32 Å². The van der Waals surface area contributed by atoms with Crippen molar-refractivity contribution in [3.05, 3.63) is 63.1 Å². The molecule has 0 aliphatic carbocycles. The number of amides is 2. The molecule has 0 bridgehead atoms. The van der Waals surface area contributed by atoms with E-state index in [0.717, 1.165) is 5.56 Å². The highest BCUT2D eigenvalue weighted by Gasteiger charge is 2.15. The number of nitrogens with zero attached hydrogens (tertiary/aromatic N) is 1. The molecule has 2 aromatic rings. The van der Waals surface area contributed by atoms with Crippen LogP contribution >= 0.6 is 34.8 Å². The van der Waals surface area contributed by atoms with Gasteiger partial charge in [0.15, 0.2) is 0 Å². The zero-order valence-electron chi connectivity index (χ0n) is 13.6. The summed E-state index contributed by atoms with van der Waals surface area (Å²) < 4.78 is 0. The normalized spacial score (nSPS) is 10.4. The highest BCUT2D eigenvalue weighted by Crippen LogP contribution is 2.29. The fourth-order valence-electron chi connectivity index (χ4n) is 2.24. The lowest BCUT2D eigenvalue weighted by Crippen LogP contribution is -2.31. The van der Waals surface area contributed by atoms with E-state index in [1.165, 1.54) is 6.92 Å². The van der Waals surface area contributed by atoms with Crippen molar-refractivity contribution >= 4 is 52.3 Å². The lowest BCUT2D eigenvalue weighted by Gasteiger charge is -2.21. The number of carbonyl (C=O) groups excluding carboxylic acids is 2. The van der Waals surface area contributed by atoms with Gasteiger partial charge >= 0.3 is 0 Å². The maximum atomic E-state index is 12.2. The molecule has 4 nitrogen and oxygen atoms in total.